The van der Waals surface area contributed by atoms with Crippen molar-refractivity contribution in [1.82, 2.24) is 4.98 Å². The lowest BCUT2D eigenvalue weighted by molar-refractivity contribution is 0.656. The summed E-state index contributed by atoms with van der Waals surface area (Å²) in [6.07, 6.45) is 5.67. The second-order valence-electron chi connectivity index (χ2n) is 5.07. The Balaban J connectivity index is 1.80. The van der Waals surface area contributed by atoms with Gasteiger partial charge in [-0.25, -0.2) is 0 Å². The highest BCUT2D eigenvalue weighted by Gasteiger charge is 2.09. The van der Waals surface area contributed by atoms with Gasteiger partial charge in [0.15, 0.2) is 0 Å². The Labute approximate surface area is 119 Å². The summed E-state index contributed by atoms with van der Waals surface area (Å²) in [6.45, 7) is 0. The van der Waals surface area contributed by atoms with Crippen LogP contribution in [0.2, 0.25) is 0 Å². The molecule has 1 atom stereocenters. The number of aryl methyl sites for hydroxylation is 1. The van der Waals surface area contributed by atoms with Crippen molar-refractivity contribution in [3.63, 3.8) is 0 Å². The fourth-order valence-electron chi connectivity index (χ4n) is 2.58. The summed E-state index contributed by atoms with van der Waals surface area (Å²) in [7, 11) is 0. The molecule has 0 aliphatic carbocycles. The smallest absolute Gasteiger partial charge is 0.0349 e. The maximum atomic E-state index is 6.38. The van der Waals surface area contributed by atoms with E-state index in [1.807, 2.05) is 24.5 Å². The van der Waals surface area contributed by atoms with E-state index in [-0.39, 0.29) is 6.04 Å². The third kappa shape index (κ3) is 2.70. The van der Waals surface area contributed by atoms with Crippen LogP contribution in [0, 0.1) is 0 Å². The van der Waals surface area contributed by atoms with E-state index in [0.717, 1.165) is 18.2 Å². The molecule has 0 aliphatic rings. The molecular formula is C18H18N2. The van der Waals surface area contributed by atoms with E-state index in [1.54, 1.807) is 0 Å². The summed E-state index contributed by atoms with van der Waals surface area (Å²) >= 11 is 0. The summed E-state index contributed by atoms with van der Waals surface area (Å²) in [4.78, 5) is 4.22. The van der Waals surface area contributed by atoms with Gasteiger partial charge in [-0.1, -0.05) is 48.5 Å². The molecule has 2 N–H and O–H groups in total. The minimum absolute atomic E-state index is 0.0445. The fraction of sp³-hybridized carbons (Fsp3) is 0.167. The number of benzene rings is 2. The first-order valence-corrected chi connectivity index (χ1v) is 6.97. The van der Waals surface area contributed by atoms with E-state index >= 15 is 0 Å². The molecule has 100 valence electrons. The van der Waals surface area contributed by atoms with Crippen molar-refractivity contribution in [3.05, 3.63) is 78.1 Å². The molecule has 20 heavy (non-hydrogen) atoms. The maximum Gasteiger partial charge on any atom is 0.0349 e. The predicted molar refractivity (Wildman–Crippen MR) is 83.4 cm³/mol. The number of nitrogens with two attached hydrogens (primary N) is 1. The SMILES string of the molecule is NC(CCc1ccccc1)c1cccc2ccncc12. The van der Waals surface area contributed by atoms with Gasteiger partial charge >= 0.3 is 0 Å². The molecule has 1 aromatic heterocycles. The molecule has 2 heteroatoms. The summed E-state index contributed by atoms with van der Waals surface area (Å²) in [5.41, 5.74) is 8.90. The third-order valence-corrected chi connectivity index (χ3v) is 3.70. The van der Waals surface area contributed by atoms with Crippen LogP contribution in [0.4, 0.5) is 0 Å². The fourth-order valence-corrected chi connectivity index (χ4v) is 2.58. The molecule has 3 aromatic rings. The van der Waals surface area contributed by atoms with Gasteiger partial charge in [0.2, 0.25) is 0 Å². The van der Waals surface area contributed by atoms with Crippen LogP contribution in [0.1, 0.15) is 23.6 Å². The Hall–Kier alpha value is -2.19. The van der Waals surface area contributed by atoms with Gasteiger partial charge < -0.3 is 5.73 Å². The van der Waals surface area contributed by atoms with Gasteiger partial charge in [0.05, 0.1) is 0 Å². The van der Waals surface area contributed by atoms with Crippen LogP contribution in [0.5, 0.6) is 0 Å². The van der Waals surface area contributed by atoms with Crippen LogP contribution in [-0.2, 0) is 6.42 Å². The average Bonchev–Trinajstić information content (AvgIpc) is 2.53. The monoisotopic (exact) mass is 262 g/mol. The van der Waals surface area contributed by atoms with Crippen molar-refractivity contribution >= 4 is 10.8 Å². The molecule has 1 heterocycles. The molecule has 0 amide bonds. The summed E-state index contributed by atoms with van der Waals surface area (Å²) < 4.78 is 0. The summed E-state index contributed by atoms with van der Waals surface area (Å²) in [6, 6.07) is 18.8. The lowest BCUT2D eigenvalue weighted by atomic mass is 9.96. The second-order valence-corrected chi connectivity index (χ2v) is 5.07. The van der Waals surface area contributed by atoms with E-state index in [4.69, 9.17) is 5.73 Å². The largest absolute Gasteiger partial charge is 0.324 e. The van der Waals surface area contributed by atoms with Crippen LogP contribution in [0.15, 0.2) is 67.0 Å². The van der Waals surface area contributed by atoms with Crippen molar-refractivity contribution in [2.75, 3.05) is 0 Å². The first-order valence-electron chi connectivity index (χ1n) is 6.97. The van der Waals surface area contributed by atoms with Crippen LogP contribution in [0.3, 0.4) is 0 Å². The van der Waals surface area contributed by atoms with E-state index in [2.05, 4.69) is 47.4 Å². The normalized spacial score (nSPS) is 12.4. The van der Waals surface area contributed by atoms with E-state index in [9.17, 15) is 0 Å². The number of fused-ring (bicyclic) bond motifs is 1. The number of aromatic nitrogens is 1. The zero-order chi connectivity index (χ0) is 13.8. The number of rotatable bonds is 4. The second kappa shape index (κ2) is 5.85. The summed E-state index contributed by atoms with van der Waals surface area (Å²) in [5, 5.41) is 2.36. The molecular weight excluding hydrogens is 244 g/mol. The molecule has 0 saturated carbocycles. The van der Waals surface area contributed by atoms with Crippen LogP contribution >= 0.6 is 0 Å². The van der Waals surface area contributed by atoms with Crippen LogP contribution in [0.25, 0.3) is 10.8 Å². The van der Waals surface area contributed by atoms with Crippen molar-refractivity contribution < 1.29 is 0 Å². The molecule has 0 saturated heterocycles. The van der Waals surface area contributed by atoms with Gasteiger partial charge in [0, 0.05) is 23.8 Å². The minimum Gasteiger partial charge on any atom is -0.324 e. The van der Waals surface area contributed by atoms with Crippen molar-refractivity contribution in [3.8, 4) is 0 Å². The first kappa shape index (κ1) is 12.8. The van der Waals surface area contributed by atoms with E-state index < -0.39 is 0 Å². The topological polar surface area (TPSA) is 38.9 Å². The standard InChI is InChI=1S/C18H18N2/c19-18(10-9-14-5-2-1-3-6-14)16-8-4-7-15-11-12-20-13-17(15)16/h1-8,11-13,18H,9-10,19H2. The van der Waals surface area contributed by atoms with Gasteiger partial charge in [0.25, 0.3) is 0 Å². The molecule has 2 nitrogen and oxygen atoms in total. The van der Waals surface area contributed by atoms with Crippen LogP contribution < -0.4 is 5.73 Å². The highest BCUT2D eigenvalue weighted by molar-refractivity contribution is 5.85. The van der Waals surface area contributed by atoms with Crippen LogP contribution in [-0.4, -0.2) is 4.98 Å². The quantitative estimate of drug-likeness (QED) is 0.775. The Morgan fingerprint density at radius 1 is 0.950 bits per heavy atom. The predicted octanol–water partition coefficient (Wildman–Crippen LogP) is 3.87. The number of hydrogen-bond donors (Lipinski definition) is 1. The molecule has 0 bridgehead atoms. The number of hydrogen-bond acceptors (Lipinski definition) is 2. The Kier molecular flexibility index (Phi) is 3.75. The molecule has 0 radical (unpaired) electrons. The minimum atomic E-state index is 0.0445. The Bertz CT molecular complexity index is 687. The lowest BCUT2D eigenvalue weighted by Gasteiger charge is -2.14. The van der Waals surface area contributed by atoms with Crippen molar-refractivity contribution in [1.29, 1.82) is 0 Å². The molecule has 2 aromatic carbocycles. The van der Waals surface area contributed by atoms with Gasteiger partial charge in [-0.2, -0.15) is 0 Å². The highest BCUT2D eigenvalue weighted by atomic mass is 14.6. The first-order chi connectivity index (χ1) is 9.84. The number of nitrogens with zero attached hydrogens (tertiary/aromatic N) is 1. The van der Waals surface area contributed by atoms with Gasteiger partial charge in [-0.05, 0) is 35.4 Å². The molecule has 3 rings (SSSR count). The van der Waals surface area contributed by atoms with Gasteiger partial charge in [-0.15, -0.1) is 0 Å². The zero-order valence-corrected chi connectivity index (χ0v) is 11.4. The molecule has 1 unspecified atom stereocenters. The van der Waals surface area contributed by atoms with Gasteiger partial charge in [0.1, 0.15) is 0 Å². The maximum absolute atomic E-state index is 6.38. The molecule has 0 spiro atoms. The summed E-state index contributed by atoms with van der Waals surface area (Å²) in [5.74, 6) is 0. The highest BCUT2D eigenvalue weighted by Crippen LogP contribution is 2.25. The molecule has 0 aliphatic heterocycles. The zero-order valence-electron chi connectivity index (χ0n) is 11.4. The Morgan fingerprint density at radius 3 is 2.65 bits per heavy atom. The van der Waals surface area contributed by atoms with Gasteiger partial charge in [-0.3, -0.25) is 4.98 Å². The third-order valence-electron chi connectivity index (χ3n) is 3.70. The Morgan fingerprint density at radius 2 is 1.80 bits per heavy atom. The van der Waals surface area contributed by atoms with E-state index in [0.29, 0.717) is 0 Å². The molecule has 0 fully saturated rings. The average molecular weight is 262 g/mol. The van der Waals surface area contributed by atoms with Crippen molar-refractivity contribution in [2.24, 2.45) is 5.73 Å². The van der Waals surface area contributed by atoms with E-state index in [1.165, 1.54) is 16.5 Å². The number of pyridine rings is 1. The van der Waals surface area contributed by atoms with Crippen molar-refractivity contribution in [2.45, 2.75) is 18.9 Å². The lowest BCUT2D eigenvalue weighted by Crippen LogP contribution is -2.11.